The number of carbonyl (C=O) groups is 1. The number of hydrogen-bond acceptors (Lipinski definition) is 4. The van der Waals surface area contributed by atoms with Gasteiger partial charge in [-0.1, -0.05) is 30.3 Å². The normalized spacial score (nSPS) is 23.0. The van der Waals surface area contributed by atoms with Crippen LogP contribution in [0.3, 0.4) is 0 Å². The van der Waals surface area contributed by atoms with Crippen molar-refractivity contribution in [1.82, 2.24) is 15.3 Å². The Kier molecular flexibility index (Phi) is 4.61. The molecule has 6 heteroatoms. The van der Waals surface area contributed by atoms with Crippen LogP contribution in [0.1, 0.15) is 25.7 Å². The first-order valence-electron chi connectivity index (χ1n) is 8.84. The van der Waals surface area contributed by atoms with Gasteiger partial charge in [-0.05, 0) is 31.6 Å². The maximum absolute atomic E-state index is 12.2. The molecule has 1 aromatic carbocycles. The molecule has 0 radical (unpaired) electrons. The number of benzene rings is 1. The summed E-state index contributed by atoms with van der Waals surface area (Å²) in [7, 11) is 0. The van der Waals surface area contributed by atoms with Crippen molar-refractivity contribution in [2.24, 2.45) is 5.92 Å². The van der Waals surface area contributed by atoms with Gasteiger partial charge in [-0.15, -0.1) is 0 Å². The van der Waals surface area contributed by atoms with E-state index in [4.69, 9.17) is 4.74 Å². The molecule has 130 valence electrons. The van der Waals surface area contributed by atoms with Gasteiger partial charge in [-0.2, -0.15) is 0 Å². The molecule has 1 saturated carbocycles. The summed E-state index contributed by atoms with van der Waals surface area (Å²) in [6.45, 7) is 0.723. The maximum atomic E-state index is 12.2. The number of ether oxygens (including phenoxy) is 1. The fourth-order valence-electron chi connectivity index (χ4n) is 3.24. The molecule has 4 rings (SSSR count). The summed E-state index contributed by atoms with van der Waals surface area (Å²) in [5, 5.41) is 5.85. The van der Waals surface area contributed by atoms with Crippen LogP contribution < -0.4 is 10.6 Å². The van der Waals surface area contributed by atoms with E-state index in [0.29, 0.717) is 23.5 Å². The fraction of sp³-hybridized carbons (Fsp3) is 0.421. The number of nitrogens with one attached hydrogen (secondary N) is 2. The van der Waals surface area contributed by atoms with Crippen molar-refractivity contribution in [1.29, 1.82) is 0 Å². The van der Waals surface area contributed by atoms with Crippen molar-refractivity contribution < 1.29 is 9.53 Å². The Balaban J connectivity index is 1.31. The fourth-order valence-corrected chi connectivity index (χ4v) is 3.24. The zero-order chi connectivity index (χ0) is 17.1. The molecule has 2 fully saturated rings. The van der Waals surface area contributed by atoms with Crippen LogP contribution in [0.5, 0.6) is 0 Å². The second-order valence-electron chi connectivity index (χ2n) is 6.73. The van der Waals surface area contributed by atoms with Gasteiger partial charge in [-0.25, -0.2) is 14.8 Å². The van der Waals surface area contributed by atoms with Crippen LogP contribution in [0.4, 0.5) is 10.5 Å². The van der Waals surface area contributed by atoms with Crippen LogP contribution in [0.25, 0.3) is 11.4 Å². The molecule has 6 nitrogen and oxygen atoms in total. The van der Waals surface area contributed by atoms with E-state index in [-0.39, 0.29) is 12.1 Å². The Morgan fingerprint density at radius 2 is 1.84 bits per heavy atom. The Hall–Kier alpha value is -2.47. The number of urea groups is 1. The summed E-state index contributed by atoms with van der Waals surface area (Å²) in [6, 6.07) is 9.71. The third-order valence-corrected chi connectivity index (χ3v) is 4.74. The SMILES string of the molecule is O=C(Nc1cnc(-c2ccccc2)nc1)N[C@H]1CCO[C@H](C2CC2)C1. The first-order valence-corrected chi connectivity index (χ1v) is 8.84. The number of hydrogen-bond donors (Lipinski definition) is 2. The average molecular weight is 338 g/mol. The van der Waals surface area contributed by atoms with Gasteiger partial charge in [0.2, 0.25) is 0 Å². The molecule has 0 spiro atoms. The number of amides is 2. The summed E-state index contributed by atoms with van der Waals surface area (Å²) in [5.41, 5.74) is 1.54. The van der Waals surface area contributed by atoms with E-state index in [1.54, 1.807) is 12.4 Å². The van der Waals surface area contributed by atoms with Crippen LogP contribution >= 0.6 is 0 Å². The average Bonchev–Trinajstić information content (AvgIpc) is 3.48. The van der Waals surface area contributed by atoms with Crippen molar-refractivity contribution in [2.75, 3.05) is 11.9 Å². The van der Waals surface area contributed by atoms with Gasteiger partial charge in [0.1, 0.15) is 0 Å². The Bertz CT molecular complexity index is 716. The number of aromatic nitrogens is 2. The summed E-state index contributed by atoms with van der Waals surface area (Å²) < 4.78 is 5.80. The topological polar surface area (TPSA) is 76.1 Å². The summed E-state index contributed by atoms with van der Waals surface area (Å²) >= 11 is 0. The minimum atomic E-state index is -0.211. The van der Waals surface area contributed by atoms with Crippen LogP contribution in [0.15, 0.2) is 42.7 Å². The zero-order valence-electron chi connectivity index (χ0n) is 14.0. The van der Waals surface area contributed by atoms with Crippen molar-refractivity contribution in [3.8, 4) is 11.4 Å². The Morgan fingerprint density at radius 1 is 1.08 bits per heavy atom. The van der Waals surface area contributed by atoms with Crippen molar-refractivity contribution in [3.05, 3.63) is 42.7 Å². The molecule has 0 bridgehead atoms. The van der Waals surface area contributed by atoms with Gasteiger partial charge in [0.15, 0.2) is 5.82 Å². The molecule has 2 amide bonds. The molecule has 2 N–H and O–H groups in total. The largest absolute Gasteiger partial charge is 0.378 e. The lowest BCUT2D eigenvalue weighted by Crippen LogP contribution is -2.44. The summed E-state index contributed by atoms with van der Waals surface area (Å²) in [6.07, 6.45) is 7.86. The van der Waals surface area contributed by atoms with Gasteiger partial charge in [-0.3, -0.25) is 0 Å². The smallest absolute Gasteiger partial charge is 0.319 e. The molecule has 1 saturated heterocycles. The highest BCUT2D eigenvalue weighted by Crippen LogP contribution is 2.38. The van der Waals surface area contributed by atoms with E-state index >= 15 is 0 Å². The Labute approximate surface area is 147 Å². The lowest BCUT2D eigenvalue weighted by molar-refractivity contribution is -0.00889. The third kappa shape index (κ3) is 4.14. The molecular weight excluding hydrogens is 316 g/mol. The molecule has 2 aromatic rings. The van der Waals surface area contributed by atoms with Gasteiger partial charge in [0, 0.05) is 18.2 Å². The third-order valence-electron chi connectivity index (χ3n) is 4.74. The quantitative estimate of drug-likeness (QED) is 0.897. The van der Waals surface area contributed by atoms with E-state index in [9.17, 15) is 4.79 Å². The second kappa shape index (κ2) is 7.19. The second-order valence-corrected chi connectivity index (χ2v) is 6.73. The molecule has 2 aliphatic rings. The van der Waals surface area contributed by atoms with Gasteiger partial charge in [0.05, 0.1) is 24.2 Å². The van der Waals surface area contributed by atoms with E-state index in [1.165, 1.54) is 12.8 Å². The van der Waals surface area contributed by atoms with E-state index < -0.39 is 0 Å². The molecule has 25 heavy (non-hydrogen) atoms. The molecule has 1 aliphatic carbocycles. The van der Waals surface area contributed by atoms with Crippen LogP contribution in [-0.4, -0.2) is 34.8 Å². The highest BCUT2D eigenvalue weighted by molar-refractivity contribution is 5.89. The monoisotopic (exact) mass is 338 g/mol. The molecule has 0 unspecified atom stereocenters. The lowest BCUT2D eigenvalue weighted by Gasteiger charge is -2.30. The molecule has 1 aliphatic heterocycles. The Morgan fingerprint density at radius 3 is 2.56 bits per heavy atom. The predicted molar refractivity (Wildman–Crippen MR) is 95.1 cm³/mol. The first-order chi connectivity index (χ1) is 12.3. The van der Waals surface area contributed by atoms with Crippen LogP contribution in [-0.2, 0) is 4.74 Å². The van der Waals surface area contributed by atoms with E-state index in [1.807, 2.05) is 30.3 Å². The van der Waals surface area contributed by atoms with Crippen molar-refractivity contribution >= 4 is 11.7 Å². The maximum Gasteiger partial charge on any atom is 0.319 e. The van der Waals surface area contributed by atoms with E-state index in [0.717, 1.165) is 25.0 Å². The molecule has 2 heterocycles. The molecular formula is C19H22N4O2. The lowest BCUT2D eigenvalue weighted by atomic mass is 10.0. The van der Waals surface area contributed by atoms with Crippen molar-refractivity contribution in [3.63, 3.8) is 0 Å². The number of anilines is 1. The summed E-state index contributed by atoms with van der Waals surface area (Å²) in [4.78, 5) is 20.8. The number of rotatable bonds is 4. The molecule has 2 atom stereocenters. The first kappa shape index (κ1) is 16.0. The zero-order valence-corrected chi connectivity index (χ0v) is 14.0. The van der Waals surface area contributed by atoms with Crippen LogP contribution in [0.2, 0.25) is 0 Å². The van der Waals surface area contributed by atoms with Crippen LogP contribution in [0, 0.1) is 5.92 Å². The van der Waals surface area contributed by atoms with E-state index in [2.05, 4.69) is 20.6 Å². The number of carbonyl (C=O) groups excluding carboxylic acids is 1. The van der Waals surface area contributed by atoms with Gasteiger partial charge < -0.3 is 15.4 Å². The standard InChI is InChI=1S/C19H22N4O2/c24-19(22-15-8-9-25-17(10-15)13-6-7-13)23-16-11-20-18(21-12-16)14-4-2-1-3-5-14/h1-5,11-13,15,17H,6-10H2,(H2,22,23,24)/t15-,17-/m0/s1. The molecule has 1 aromatic heterocycles. The minimum Gasteiger partial charge on any atom is -0.378 e. The predicted octanol–water partition coefficient (Wildman–Crippen LogP) is 3.22. The van der Waals surface area contributed by atoms with Crippen molar-refractivity contribution in [2.45, 2.75) is 37.8 Å². The van der Waals surface area contributed by atoms with Gasteiger partial charge in [0.25, 0.3) is 0 Å². The minimum absolute atomic E-state index is 0.170. The number of nitrogens with zero attached hydrogens (tertiary/aromatic N) is 2. The highest BCUT2D eigenvalue weighted by atomic mass is 16.5. The highest BCUT2D eigenvalue weighted by Gasteiger charge is 2.36. The van der Waals surface area contributed by atoms with Gasteiger partial charge >= 0.3 is 6.03 Å². The summed E-state index contributed by atoms with van der Waals surface area (Å²) in [5.74, 6) is 1.34.